The minimum Gasteiger partial charge on any atom is -0.284 e. The molecule has 7 heteroatoms. The van der Waals surface area contributed by atoms with Crippen LogP contribution in [0, 0.1) is 0 Å². The predicted molar refractivity (Wildman–Crippen MR) is 68.4 cm³/mol. The maximum absolute atomic E-state index is 12.5. The fraction of sp³-hybridized carbons (Fsp3) is 0.0769. The molecule has 0 spiro atoms. The summed E-state index contributed by atoms with van der Waals surface area (Å²) in [5.41, 5.74) is 0.411. The van der Waals surface area contributed by atoms with E-state index in [-0.39, 0.29) is 5.15 Å². The van der Waals surface area contributed by atoms with Gasteiger partial charge in [0, 0.05) is 24.0 Å². The smallest absolute Gasteiger partial charge is 0.284 e. The van der Waals surface area contributed by atoms with Crippen LogP contribution in [0.15, 0.2) is 42.7 Å². The Morgan fingerprint density at radius 1 is 1.10 bits per heavy atom. The fourth-order valence-corrected chi connectivity index (χ4v) is 2.08. The van der Waals surface area contributed by atoms with Crippen molar-refractivity contribution in [1.82, 2.24) is 14.4 Å². The number of hydrogen-bond donors (Lipinski definition) is 0. The van der Waals surface area contributed by atoms with Gasteiger partial charge in [-0.2, -0.15) is 13.2 Å². The highest BCUT2D eigenvalue weighted by atomic mass is 35.5. The number of fused-ring (bicyclic) bond motifs is 1. The van der Waals surface area contributed by atoms with Gasteiger partial charge in [-0.25, -0.2) is 9.97 Å². The Kier molecular flexibility index (Phi) is 2.90. The van der Waals surface area contributed by atoms with E-state index < -0.39 is 11.7 Å². The number of halogens is 4. The zero-order valence-corrected chi connectivity index (χ0v) is 10.7. The minimum absolute atomic E-state index is 0.235. The van der Waals surface area contributed by atoms with E-state index in [0.717, 1.165) is 12.1 Å². The average molecular weight is 298 g/mol. The normalized spacial score (nSPS) is 12.0. The van der Waals surface area contributed by atoms with Crippen LogP contribution in [-0.2, 0) is 6.18 Å². The lowest BCUT2D eigenvalue weighted by Gasteiger charge is -2.09. The molecule has 0 unspecified atom stereocenters. The molecule has 0 fully saturated rings. The van der Waals surface area contributed by atoms with Gasteiger partial charge in [0.15, 0.2) is 0 Å². The van der Waals surface area contributed by atoms with E-state index in [2.05, 4.69) is 9.97 Å². The topological polar surface area (TPSA) is 30.2 Å². The van der Waals surface area contributed by atoms with Gasteiger partial charge in [-0.1, -0.05) is 23.7 Å². The highest BCUT2D eigenvalue weighted by molar-refractivity contribution is 6.29. The molecule has 0 saturated heterocycles. The Labute approximate surface area is 116 Å². The lowest BCUT2D eigenvalue weighted by Crippen LogP contribution is -2.04. The van der Waals surface area contributed by atoms with Crippen molar-refractivity contribution in [3.05, 3.63) is 53.4 Å². The van der Waals surface area contributed by atoms with Crippen LogP contribution in [0.1, 0.15) is 5.56 Å². The molecule has 0 amide bonds. The van der Waals surface area contributed by atoms with E-state index in [1.165, 1.54) is 12.1 Å². The molecule has 20 heavy (non-hydrogen) atoms. The quantitative estimate of drug-likeness (QED) is 0.634. The number of benzene rings is 1. The molecule has 0 aliphatic carbocycles. The highest BCUT2D eigenvalue weighted by Gasteiger charge is 2.30. The van der Waals surface area contributed by atoms with Gasteiger partial charge in [0.05, 0.1) is 5.56 Å². The van der Waals surface area contributed by atoms with Gasteiger partial charge >= 0.3 is 6.18 Å². The van der Waals surface area contributed by atoms with E-state index in [1.807, 2.05) is 0 Å². The Balaban J connectivity index is 2.14. The van der Waals surface area contributed by atoms with Crippen molar-refractivity contribution in [2.75, 3.05) is 0 Å². The van der Waals surface area contributed by atoms with E-state index in [9.17, 15) is 13.2 Å². The third kappa shape index (κ3) is 2.22. The Morgan fingerprint density at radius 3 is 2.45 bits per heavy atom. The largest absolute Gasteiger partial charge is 0.416 e. The summed E-state index contributed by atoms with van der Waals surface area (Å²) >= 11 is 5.89. The molecule has 0 N–H and O–H groups in total. The van der Waals surface area contributed by atoms with Gasteiger partial charge < -0.3 is 0 Å². The van der Waals surface area contributed by atoms with Crippen molar-refractivity contribution in [2.24, 2.45) is 0 Å². The molecule has 0 saturated carbocycles. The second kappa shape index (κ2) is 4.49. The van der Waals surface area contributed by atoms with Crippen molar-refractivity contribution in [2.45, 2.75) is 6.18 Å². The fourth-order valence-electron chi connectivity index (χ4n) is 1.91. The average Bonchev–Trinajstić information content (AvgIpc) is 2.85. The van der Waals surface area contributed by atoms with Gasteiger partial charge in [-0.15, -0.1) is 0 Å². The summed E-state index contributed by atoms with van der Waals surface area (Å²) in [6.07, 6.45) is -1.11. The zero-order valence-electron chi connectivity index (χ0n) is 9.89. The van der Waals surface area contributed by atoms with Crippen LogP contribution in [0.25, 0.3) is 17.0 Å². The van der Waals surface area contributed by atoms with Gasteiger partial charge in [-0.3, -0.25) is 4.40 Å². The van der Waals surface area contributed by atoms with E-state index in [0.29, 0.717) is 17.0 Å². The molecule has 0 bridgehead atoms. The van der Waals surface area contributed by atoms with Gasteiger partial charge in [-0.05, 0) is 12.1 Å². The molecule has 0 aliphatic heterocycles. The molecule has 1 aromatic carbocycles. The first-order chi connectivity index (χ1) is 9.45. The first kappa shape index (κ1) is 12.9. The summed E-state index contributed by atoms with van der Waals surface area (Å²) in [5, 5.41) is 0.235. The summed E-state index contributed by atoms with van der Waals surface area (Å²) in [5.74, 6) is 0.443. The lowest BCUT2D eigenvalue weighted by atomic mass is 10.1. The van der Waals surface area contributed by atoms with Gasteiger partial charge in [0.2, 0.25) is 0 Å². The summed E-state index contributed by atoms with van der Waals surface area (Å²) in [6, 6.07) is 6.33. The van der Waals surface area contributed by atoms with Crippen LogP contribution >= 0.6 is 11.6 Å². The number of alkyl halides is 3. The molecule has 3 aromatic rings. The Morgan fingerprint density at radius 2 is 1.80 bits per heavy atom. The molecule has 3 rings (SSSR count). The maximum atomic E-state index is 12.5. The van der Waals surface area contributed by atoms with Gasteiger partial charge in [0.1, 0.15) is 16.6 Å². The van der Waals surface area contributed by atoms with Crippen LogP contribution in [0.5, 0.6) is 0 Å². The SMILES string of the molecule is FC(F)(F)c1ccc(-c2nc(Cl)cc3nccn23)cc1. The van der Waals surface area contributed by atoms with Crippen molar-refractivity contribution in [3.63, 3.8) is 0 Å². The van der Waals surface area contributed by atoms with Crippen molar-refractivity contribution in [3.8, 4) is 11.4 Å². The van der Waals surface area contributed by atoms with Crippen molar-refractivity contribution in [1.29, 1.82) is 0 Å². The number of aromatic nitrogens is 3. The molecule has 0 aliphatic rings. The summed E-state index contributed by atoms with van der Waals surface area (Å²) in [4.78, 5) is 8.22. The number of hydrogen-bond acceptors (Lipinski definition) is 2. The zero-order chi connectivity index (χ0) is 14.3. The number of nitrogens with zero attached hydrogens (tertiary/aromatic N) is 3. The molecular weight excluding hydrogens is 291 g/mol. The summed E-state index contributed by atoms with van der Waals surface area (Å²) in [7, 11) is 0. The number of imidazole rings is 1. The van der Waals surface area contributed by atoms with E-state index >= 15 is 0 Å². The van der Waals surface area contributed by atoms with Crippen molar-refractivity contribution >= 4 is 17.2 Å². The first-order valence-corrected chi connectivity index (χ1v) is 6.00. The van der Waals surface area contributed by atoms with Crippen LogP contribution in [0.3, 0.4) is 0 Å². The van der Waals surface area contributed by atoms with E-state index in [4.69, 9.17) is 11.6 Å². The van der Waals surface area contributed by atoms with Crippen LogP contribution in [0.4, 0.5) is 13.2 Å². The standard InChI is InChI=1S/C13H7ClF3N3/c14-10-7-11-18-5-6-20(11)12(19-10)8-1-3-9(4-2-8)13(15,16)17/h1-7H. The van der Waals surface area contributed by atoms with Crippen LogP contribution < -0.4 is 0 Å². The third-order valence-electron chi connectivity index (χ3n) is 2.83. The predicted octanol–water partition coefficient (Wildman–Crippen LogP) is 4.07. The third-order valence-corrected chi connectivity index (χ3v) is 3.02. The van der Waals surface area contributed by atoms with E-state index in [1.54, 1.807) is 22.9 Å². The second-order valence-electron chi connectivity index (χ2n) is 4.13. The Bertz CT molecular complexity index is 763. The van der Waals surface area contributed by atoms with Gasteiger partial charge in [0.25, 0.3) is 0 Å². The molecule has 2 heterocycles. The molecule has 102 valence electrons. The molecule has 0 atom stereocenters. The molecular formula is C13H7ClF3N3. The summed E-state index contributed by atoms with van der Waals surface area (Å²) in [6.45, 7) is 0. The number of rotatable bonds is 1. The molecule has 3 nitrogen and oxygen atoms in total. The van der Waals surface area contributed by atoms with Crippen molar-refractivity contribution < 1.29 is 13.2 Å². The highest BCUT2D eigenvalue weighted by Crippen LogP contribution is 2.31. The maximum Gasteiger partial charge on any atom is 0.416 e. The Hall–Kier alpha value is -2.08. The molecule has 0 radical (unpaired) electrons. The van der Waals surface area contributed by atoms with Crippen LogP contribution in [0.2, 0.25) is 5.15 Å². The minimum atomic E-state index is -4.36. The van der Waals surface area contributed by atoms with Crippen LogP contribution in [-0.4, -0.2) is 14.4 Å². The molecule has 2 aromatic heterocycles. The monoisotopic (exact) mass is 297 g/mol. The first-order valence-electron chi connectivity index (χ1n) is 5.62. The summed E-state index contributed by atoms with van der Waals surface area (Å²) < 4.78 is 39.3. The lowest BCUT2D eigenvalue weighted by molar-refractivity contribution is -0.137. The second-order valence-corrected chi connectivity index (χ2v) is 4.52.